The average Bonchev–Trinajstić information content (AvgIpc) is 2.32. The molecule has 1 fully saturated rings. The second kappa shape index (κ2) is 2.90. The van der Waals surface area contributed by atoms with E-state index in [1.54, 1.807) is 0 Å². The average molecular weight is 156 g/mol. The standard InChI is InChI=1S/C7H11NO3/c1-5(9)8-4-2-3-6(8)7(10)11/h6H,2-4H2,1H3,(H,10,11)/p-1/t6-/m0/s1. The van der Waals surface area contributed by atoms with Gasteiger partial charge in [0.25, 0.3) is 0 Å². The van der Waals surface area contributed by atoms with Crippen molar-refractivity contribution in [3.8, 4) is 0 Å². The molecule has 0 unspecified atom stereocenters. The summed E-state index contributed by atoms with van der Waals surface area (Å²) in [6, 6.07) is -0.688. The maximum atomic E-state index is 10.8. The van der Waals surface area contributed by atoms with Crippen molar-refractivity contribution in [3.05, 3.63) is 0 Å². The third-order valence-corrected chi connectivity index (χ3v) is 1.93. The zero-order valence-electron chi connectivity index (χ0n) is 6.37. The molecule has 1 rings (SSSR count). The lowest BCUT2D eigenvalue weighted by atomic mass is 10.2. The van der Waals surface area contributed by atoms with Crippen LogP contribution in [0.3, 0.4) is 0 Å². The highest BCUT2D eigenvalue weighted by Crippen LogP contribution is 2.15. The van der Waals surface area contributed by atoms with Gasteiger partial charge in [0.05, 0.1) is 12.0 Å². The van der Waals surface area contributed by atoms with Gasteiger partial charge in [0.1, 0.15) is 0 Å². The largest absolute Gasteiger partial charge is 0.548 e. The number of likely N-dealkylation sites (tertiary alicyclic amines) is 1. The summed E-state index contributed by atoms with van der Waals surface area (Å²) < 4.78 is 0. The summed E-state index contributed by atoms with van der Waals surface area (Å²) in [4.78, 5) is 22.5. The van der Waals surface area contributed by atoms with E-state index in [2.05, 4.69) is 0 Å². The number of rotatable bonds is 1. The predicted octanol–water partition coefficient (Wildman–Crippen LogP) is -1.25. The Morgan fingerprint density at radius 1 is 1.55 bits per heavy atom. The Kier molecular flexibility index (Phi) is 2.12. The molecule has 0 spiro atoms. The second-order valence-corrected chi connectivity index (χ2v) is 2.69. The number of carbonyl (C=O) groups is 2. The molecule has 1 heterocycles. The molecule has 0 radical (unpaired) electrons. The first-order chi connectivity index (χ1) is 5.13. The zero-order valence-corrected chi connectivity index (χ0v) is 6.37. The quantitative estimate of drug-likeness (QED) is 0.476. The molecule has 1 aliphatic heterocycles. The van der Waals surface area contributed by atoms with Crippen LogP contribution in [0.1, 0.15) is 19.8 Å². The lowest BCUT2D eigenvalue weighted by molar-refractivity contribution is -0.310. The minimum Gasteiger partial charge on any atom is -0.548 e. The van der Waals surface area contributed by atoms with E-state index in [4.69, 9.17) is 0 Å². The Morgan fingerprint density at radius 3 is 2.55 bits per heavy atom. The van der Waals surface area contributed by atoms with Crippen molar-refractivity contribution >= 4 is 11.9 Å². The van der Waals surface area contributed by atoms with E-state index in [9.17, 15) is 14.7 Å². The SMILES string of the molecule is CC(=O)N1CCC[C@H]1C(=O)[O-]. The van der Waals surface area contributed by atoms with Gasteiger partial charge in [0.2, 0.25) is 5.91 Å². The third kappa shape index (κ3) is 1.50. The van der Waals surface area contributed by atoms with E-state index < -0.39 is 12.0 Å². The van der Waals surface area contributed by atoms with E-state index in [0.717, 1.165) is 6.42 Å². The number of amides is 1. The maximum Gasteiger partial charge on any atom is 0.219 e. The first-order valence-corrected chi connectivity index (χ1v) is 3.61. The minimum absolute atomic E-state index is 0.184. The minimum atomic E-state index is -1.14. The van der Waals surface area contributed by atoms with Crippen molar-refractivity contribution < 1.29 is 14.7 Å². The molecule has 1 atom stereocenters. The molecular weight excluding hydrogens is 146 g/mol. The van der Waals surface area contributed by atoms with Crippen molar-refractivity contribution in [1.82, 2.24) is 4.90 Å². The number of hydrogen-bond acceptors (Lipinski definition) is 3. The molecule has 1 saturated heterocycles. The van der Waals surface area contributed by atoms with Gasteiger partial charge in [-0.2, -0.15) is 0 Å². The Morgan fingerprint density at radius 2 is 2.18 bits per heavy atom. The monoisotopic (exact) mass is 156 g/mol. The van der Waals surface area contributed by atoms with E-state index in [-0.39, 0.29) is 5.91 Å². The summed E-state index contributed by atoms with van der Waals surface area (Å²) in [6.45, 7) is 1.93. The number of carboxylic acids is 1. The summed E-state index contributed by atoms with van der Waals surface area (Å²) in [5.74, 6) is -1.32. The van der Waals surface area contributed by atoms with Crippen molar-refractivity contribution in [3.63, 3.8) is 0 Å². The molecule has 0 aliphatic carbocycles. The Labute approximate surface area is 64.8 Å². The van der Waals surface area contributed by atoms with Gasteiger partial charge in [-0.1, -0.05) is 0 Å². The van der Waals surface area contributed by atoms with Crippen LogP contribution in [0.2, 0.25) is 0 Å². The highest BCUT2D eigenvalue weighted by Gasteiger charge is 2.26. The number of nitrogens with zero attached hydrogens (tertiary/aromatic N) is 1. The molecule has 4 nitrogen and oxygen atoms in total. The summed E-state index contributed by atoms with van der Waals surface area (Å²) in [7, 11) is 0. The molecule has 11 heavy (non-hydrogen) atoms. The van der Waals surface area contributed by atoms with Crippen LogP contribution in [-0.4, -0.2) is 29.4 Å². The normalized spacial score (nSPS) is 23.7. The fraction of sp³-hybridized carbons (Fsp3) is 0.714. The molecule has 1 aliphatic rings. The Bertz CT molecular complexity index is 170. The number of carboxylic acid groups (broad SMARTS) is 1. The smallest absolute Gasteiger partial charge is 0.219 e. The van der Waals surface area contributed by atoms with Crippen LogP contribution in [0.15, 0.2) is 0 Å². The van der Waals surface area contributed by atoms with Crippen LogP contribution < -0.4 is 5.11 Å². The first kappa shape index (κ1) is 8.04. The fourth-order valence-corrected chi connectivity index (χ4v) is 1.39. The molecular formula is C7H10NO3-. The van der Waals surface area contributed by atoms with Crippen LogP contribution >= 0.6 is 0 Å². The van der Waals surface area contributed by atoms with Crippen molar-refractivity contribution in [1.29, 1.82) is 0 Å². The summed E-state index contributed by atoms with van der Waals surface area (Å²) in [5, 5.41) is 10.4. The van der Waals surface area contributed by atoms with Crippen LogP contribution in [0.25, 0.3) is 0 Å². The third-order valence-electron chi connectivity index (χ3n) is 1.93. The van der Waals surface area contributed by atoms with Gasteiger partial charge >= 0.3 is 0 Å². The van der Waals surface area contributed by atoms with Crippen LogP contribution in [-0.2, 0) is 9.59 Å². The predicted molar refractivity (Wildman–Crippen MR) is 35.4 cm³/mol. The zero-order chi connectivity index (χ0) is 8.43. The topological polar surface area (TPSA) is 60.4 Å². The molecule has 1 amide bonds. The van der Waals surface area contributed by atoms with E-state index in [1.807, 2.05) is 0 Å². The molecule has 62 valence electrons. The van der Waals surface area contributed by atoms with Crippen molar-refractivity contribution in [2.75, 3.05) is 6.54 Å². The summed E-state index contributed by atoms with van der Waals surface area (Å²) >= 11 is 0. The highest BCUT2D eigenvalue weighted by atomic mass is 16.4. The lowest BCUT2D eigenvalue weighted by Crippen LogP contribution is -2.46. The number of hydrogen-bond donors (Lipinski definition) is 0. The second-order valence-electron chi connectivity index (χ2n) is 2.69. The summed E-state index contributed by atoms with van der Waals surface area (Å²) in [6.07, 6.45) is 1.29. The van der Waals surface area contributed by atoms with Crippen LogP contribution in [0.5, 0.6) is 0 Å². The molecule has 0 saturated carbocycles. The van der Waals surface area contributed by atoms with Gasteiger partial charge in [0, 0.05) is 13.5 Å². The van der Waals surface area contributed by atoms with Gasteiger partial charge in [-0.3, -0.25) is 4.79 Å². The molecule has 0 bridgehead atoms. The van der Waals surface area contributed by atoms with Crippen molar-refractivity contribution in [2.45, 2.75) is 25.8 Å². The lowest BCUT2D eigenvalue weighted by Gasteiger charge is -2.23. The van der Waals surface area contributed by atoms with Gasteiger partial charge in [-0.15, -0.1) is 0 Å². The maximum absolute atomic E-state index is 10.8. The molecule has 0 aromatic heterocycles. The Balaban J connectivity index is 2.65. The number of carbonyl (C=O) groups excluding carboxylic acids is 2. The molecule has 0 aromatic carbocycles. The molecule has 4 heteroatoms. The van der Waals surface area contributed by atoms with Crippen molar-refractivity contribution in [2.24, 2.45) is 0 Å². The highest BCUT2D eigenvalue weighted by molar-refractivity contribution is 5.81. The van der Waals surface area contributed by atoms with Crippen LogP contribution in [0, 0.1) is 0 Å². The van der Waals surface area contributed by atoms with Gasteiger partial charge in [-0.05, 0) is 12.8 Å². The van der Waals surface area contributed by atoms with E-state index >= 15 is 0 Å². The molecule has 0 aromatic rings. The van der Waals surface area contributed by atoms with Gasteiger partial charge in [-0.25, -0.2) is 0 Å². The number of aliphatic carboxylic acids is 1. The first-order valence-electron chi connectivity index (χ1n) is 3.61. The Hall–Kier alpha value is -1.06. The van der Waals surface area contributed by atoms with Gasteiger partial charge in [0.15, 0.2) is 0 Å². The summed E-state index contributed by atoms with van der Waals surface area (Å²) in [5.41, 5.74) is 0. The fourth-order valence-electron chi connectivity index (χ4n) is 1.39. The van der Waals surface area contributed by atoms with E-state index in [0.29, 0.717) is 13.0 Å². The van der Waals surface area contributed by atoms with E-state index in [1.165, 1.54) is 11.8 Å². The van der Waals surface area contributed by atoms with Gasteiger partial charge < -0.3 is 14.8 Å². The van der Waals surface area contributed by atoms with Crippen LogP contribution in [0.4, 0.5) is 0 Å². The molecule has 0 N–H and O–H groups in total.